The van der Waals surface area contributed by atoms with E-state index in [9.17, 15) is 4.79 Å². The number of rotatable bonds is 7. The van der Waals surface area contributed by atoms with Crippen molar-refractivity contribution in [3.8, 4) is 0 Å². The van der Waals surface area contributed by atoms with Gasteiger partial charge >= 0.3 is 0 Å². The highest BCUT2D eigenvalue weighted by Gasteiger charge is 2.25. The van der Waals surface area contributed by atoms with Crippen LogP contribution in [0.4, 0.5) is 0 Å². The Balaban J connectivity index is 1.72. The molecule has 2 aliphatic rings. The van der Waals surface area contributed by atoms with Gasteiger partial charge in [0.25, 0.3) is 0 Å². The van der Waals surface area contributed by atoms with Gasteiger partial charge in [-0.25, -0.2) is 0 Å². The van der Waals surface area contributed by atoms with E-state index in [0.717, 1.165) is 25.6 Å². The van der Waals surface area contributed by atoms with Crippen molar-refractivity contribution in [2.45, 2.75) is 58.0 Å². The standard InChI is InChI=1S/C15H29N3O/c1-12(2)16-10-14-5-3-4-8-18(14)11-15(19)17-9-13-6-7-13/h12-14,16H,3-11H2,1-2H3,(H,17,19). The first-order chi connectivity index (χ1) is 9.15. The number of hydrogen-bond acceptors (Lipinski definition) is 3. The molecule has 1 saturated carbocycles. The average molecular weight is 267 g/mol. The van der Waals surface area contributed by atoms with Gasteiger partial charge in [-0.05, 0) is 38.1 Å². The normalized spacial score (nSPS) is 24.7. The van der Waals surface area contributed by atoms with Gasteiger partial charge in [0.15, 0.2) is 0 Å². The Morgan fingerprint density at radius 2 is 2.00 bits per heavy atom. The van der Waals surface area contributed by atoms with Crippen LogP contribution in [0.2, 0.25) is 0 Å². The largest absolute Gasteiger partial charge is 0.355 e. The van der Waals surface area contributed by atoms with Gasteiger partial charge in [-0.3, -0.25) is 9.69 Å². The topological polar surface area (TPSA) is 44.4 Å². The zero-order valence-corrected chi connectivity index (χ0v) is 12.5. The summed E-state index contributed by atoms with van der Waals surface area (Å²) in [4.78, 5) is 14.3. The minimum atomic E-state index is 0.211. The summed E-state index contributed by atoms with van der Waals surface area (Å²) < 4.78 is 0. The van der Waals surface area contributed by atoms with Crippen LogP contribution in [0.15, 0.2) is 0 Å². The molecule has 2 N–H and O–H groups in total. The average Bonchev–Trinajstić information content (AvgIpc) is 3.19. The van der Waals surface area contributed by atoms with Crippen LogP contribution in [-0.4, -0.2) is 49.1 Å². The van der Waals surface area contributed by atoms with Crippen LogP contribution in [0.25, 0.3) is 0 Å². The molecule has 1 amide bonds. The zero-order chi connectivity index (χ0) is 13.7. The SMILES string of the molecule is CC(C)NCC1CCCCN1CC(=O)NCC1CC1. The summed E-state index contributed by atoms with van der Waals surface area (Å²) in [5.74, 6) is 0.979. The Morgan fingerprint density at radius 1 is 1.21 bits per heavy atom. The lowest BCUT2D eigenvalue weighted by atomic mass is 10.0. The summed E-state index contributed by atoms with van der Waals surface area (Å²) >= 11 is 0. The third kappa shape index (κ3) is 5.49. The summed E-state index contributed by atoms with van der Waals surface area (Å²) in [6.45, 7) is 7.90. The molecule has 1 unspecified atom stereocenters. The highest BCUT2D eigenvalue weighted by molar-refractivity contribution is 5.78. The smallest absolute Gasteiger partial charge is 0.234 e. The third-order valence-electron chi connectivity index (χ3n) is 4.14. The van der Waals surface area contributed by atoms with E-state index in [1.807, 2.05) is 0 Å². The van der Waals surface area contributed by atoms with Crippen LogP contribution in [-0.2, 0) is 4.79 Å². The lowest BCUT2D eigenvalue weighted by Crippen LogP contribution is -2.50. The predicted octanol–water partition coefficient (Wildman–Crippen LogP) is 1.37. The summed E-state index contributed by atoms with van der Waals surface area (Å²) in [6, 6.07) is 1.05. The van der Waals surface area contributed by atoms with E-state index in [1.165, 1.54) is 32.1 Å². The first-order valence-electron chi connectivity index (χ1n) is 7.89. The number of hydrogen-bond donors (Lipinski definition) is 2. The Hall–Kier alpha value is -0.610. The molecule has 0 aromatic rings. The lowest BCUT2D eigenvalue weighted by molar-refractivity contribution is -0.123. The lowest BCUT2D eigenvalue weighted by Gasteiger charge is -2.35. The van der Waals surface area contributed by atoms with Crippen LogP contribution >= 0.6 is 0 Å². The molecule has 1 aliphatic heterocycles. The van der Waals surface area contributed by atoms with E-state index >= 15 is 0 Å². The van der Waals surface area contributed by atoms with Crippen molar-refractivity contribution >= 4 is 5.91 Å². The fraction of sp³-hybridized carbons (Fsp3) is 0.933. The highest BCUT2D eigenvalue weighted by atomic mass is 16.2. The molecule has 19 heavy (non-hydrogen) atoms. The van der Waals surface area contributed by atoms with E-state index < -0.39 is 0 Å². The Labute approximate surface area is 117 Å². The van der Waals surface area contributed by atoms with Crippen LogP contribution in [0.1, 0.15) is 46.0 Å². The number of carbonyl (C=O) groups excluding carboxylic acids is 1. The molecule has 1 saturated heterocycles. The predicted molar refractivity (Wildman–Crippen MR) is 78.1 cm³/mol. The van der Waals surface area contributed by atoms with Gasteiger partial charge < -0.3 is 10.6 Å². The molecule has 2 rings (SSSR count). The van der Waals surface area contributed by atoms with Crippen LogP contribution in [0.3, 0.4) is 0 Å². The van der Waals surface area contributed by atoms with Crippen molar-refractivity contribution in [2.24, 2.45) is 5.92 Å². The van der Waals surface area contributed by atoms with Crippen molar-refractivity contribution < 1.29 is 4.79 Å². The number of likely N-dealkylation sites (tertiary alicyclic amines) is 1. The fourth-order valence-corrected chi connectivity index (χ4v) is 2.69. The Morgan fingerprint density at radius 3 is 2.68 bits per heavy atom. The van der Waals surface area contributed by atoms with E-state index in [1.54, 1.807) is 0 Å². The molecular formula is C15H29N3O. The van der Waals surface area contributed by atoms with Crippen molar-refractivity contribution in [1.82, 2.24) is 15.5 Å². The van der Waals surface area contributed by atoms with E-state index in [2.05, 4.69) is 29.4 Å². The quantitative estimate of drug-likeness (QED) is 0.732. The molecule has 4 heteroatoms. The fourth-order valence-electron chi connectivity index (χ4n) is 2.69. The molecule has 0 aromatic heterocycles. The molecule has 0 radical (unpaired) electrons. The van der Waals surface area contributed by atoms with Gasteiger partial charge in [-0.2, -0.15) is 0 Å². The summed E-state index contributed by atoms with van der Waals surface area (Å²) in [6.07, 6.45) is 6.34. The monoisotopic (exact) mass is 267 g/mol. The summed E-state index contributed by atoms with van der Waals surface area (Å²) in [7, 11) is 0. The number of carbonyl (C=O) groups is 1. The molecule has 0 spiro atoms. The first kappa shape index (κ1) is 14.8. The molecule has 1 aliphatic carbocycles. The van der Waals surface area contributed by atoms with Gasteiger partial charge in [-0.1, -0.05) is 20.3 Å². The van der Waals surface area contributed by atoms with Crippen LogP contribution < -0.4 is 10.6 Å². The van der Waals surface area contributed by atoms with E-state index in [4.69, 9.17) is 0 Å². The number of amides is 1. The Bertz CT molecular complexity index is 289. The molecule has 110 valence electrons. The van der Waals surface area contributed by atoms with Crippen molar-refractivity contribution in [1.29, 1.82) is 0 Å². The number of nitrogens with zero attached hydrogens (tertiary/aromatic N) is 1. The minimum Gasteiger partial charge on any atom is -0.355 e. The molecule has 1 heterocycles. The Kier molecular flexibility index (Phi) is 5.64. The second-order valence-electron chi connectivity index (χ2n) is 6.43. The van der Waals surface area contributed by atoms with Gasteiger partial charge in [-0.15, -0.1) is 0 Å². The van der Waals surface area contributed by atoms with Gasteiger partial charge in [0.05, 0.1) is 6.54 Å². The maximum absolute atomic E-state index is 12.0. The van der Waals surface area contributed by atoms with Gasteiger partial charge in [0.1, 0.15) is 0 Å². The second-order valence-corrected chi connectivity index (χ2v) is 6.43. The molecule has 1 atom stereocenters. The molecule has 0 aromatic carbocycles. The molecule has 0 bridgehead atoms. The number of nitrogens with one attached hydrogen (secondary N) is 2. The third-order valence-corrected chi connectivity index (χ3v) is 4.14. The van der Waals surface area contributed by atoms with Crippen LogP contribution in [0, 0.1) is 5.92 Å². The van der Waals surface area contributed by atoms with Crippen molar-refractivity contribution in [3.63, 3.8) is 0 Å². The molecular weight excluding hydrogens is 238 g/mol. The van der Waals surface area contributed by atoms with Crippen molar-refractivity contribution in [3.05, 3.63) is 0 Å². The van der Waals surface area contributed by atoms with Gasteiger partial charge in [0.2, 0.25) is 5.91 Å². The summed E-state index contributed by atoms with van der Waals surface area (Å²) in [5.41, 5.74) is 0. The maximum Gasteiger partial charge on any atom is 0.234 e. The number of piperidine rings is 1. The maximum atomic E-state index is 12.0. The van der Waals surface area contributed by atoms with Gasteiger partial charge in [0, 0.05) is 25.2 Å². The van der Waals surface area contributed by atoms with E-state index in [0.29, 0.717) is 18.6 Å². The summed E-state index contributed by atoms with van der Waals surface area (Å²) in [5, 5.41) is 6.58. The second kappa shape index (κ2) is 7.25. The highest BCUT2D eigenvalue weighted by Crippen LogP contribution is 2.27. The minimum absolute atomic E-state index is 0.211. The van der Waals surface area contributed by atoms with Crippen LogP contribution in [0.5, 0.6) is 0 Å². The zero-order valence-electron chi connectivity index (χ0n) is 12.5. The first-order valence-corrected chi connectivity index (χ1v) is 7.89. The van der Waals surface area contributed by atoms with E-state index in [-0.39, 0.29) is 5.91 Å². The molecule has 2 fully saturated rings. The molecule has 4 nitrogen and oxygen atoms in total. The van der Waals surface area contributed by atoms with Crippen molar-refractivity contribution in [2.75, 3.05) is 26.2 Å².